The van der Waals surface area contributed by atoms with Crippen molar-refractivity contribution in [1.82, 2.24) is 4.57 Å². The smallest absolute Gasteiger partial charge is 0.417 e. The maximum atomic E-state index is 13.2. The van der Waals surface area contributed by atoms with Crippen molar-refractivity contribution in [2.24, 2.45) is 7.05 Å². The molecule has 0 atom stereocenters. The molecule has 2 rings (SSSR count). The van der Waals surface area contributed by atoms with E-state index >= 15 is 0 Å². The Labute approximate surface area is 137 Å². The quantitative estimate of drug-likeness (QED) is 0.779. The van der Waals surface area contributed by atoms with Crippen molar-refractivity contribution in [3.8, 4) is 17.2 Å². The number of rotatable bonds is 2. The Kier molecular flexibility index (Phi) is 4.43. The highest BCUT2D eigenvalue weighted by molar-refractivity contribution is 5.99. The molecule has 4 nitrogen and oxygen atoms in total. The van der Waals surface area contributed by atoms with Crippen LogP contribution >= 0.6 is 0 Å². The largest absolute Gasteiger partial charge is 0.465 e. The van der Waals surface area contributed by atoms with Crippen LogP contribution in [-0.2, 0) is 18.0 Å². The minimum absolute atomic E-state index is 0.211. The van der Waals surface area contributed by atoms with Crippen LogP contribution in [0.4, 0.5) is 13.2 Å². The van der Waals surface area contributed by atoms with E-state index in [1.54, 1.807) is 31.5 Å². The minimum Gasteiger partial charge on any atom is -0.465 e. The van der Waals surface area contributed by atoms with Crippen LogP contribution in [0.5, 0.6) is 0 Å². The van der Waals surface area contributed by atoms with Crippen molar-refractivity contribution in [3.63, 3.8) is 0 Å². The van der Waals surface area contributed by atoms with Crippen molar-refractivity contribution in [1.29, 1.82) is 5.26 Å². The molecule has 0 bridgehead atoms. The molecule has 0 spiro atoms. The van der Waals surface area contributed by atoms with Gasteiger partial charge in [0.05, 0.1) is 29.9 Å². The third-order valence-corrected chi connectivity index (χ3v) is 4.10. The van der Waals surface area contributed by atoms with Crippen molar-refractivity contribution in [3.05, 3.63) is 46.3 Å². The Morgan fingerprint density at radius 2 is 1.88 bits per heavy atom. The molecule has 0 amide bonds. The maximum Gasteiger partial charge on any atom is 0.417 e. The number of hydrogen-bond acceptors (Lipinski definition) is 3. The van der Waals surface area contributed by atoms with Gasteiger partial charge in [-0.25, -0.2) is 4.79 Å². The van der Waals surface area contributed by atoms with E-state index in [1.807, 2.05) is 0 Å². The van der Waals surface area contributed by atoms with Gasteiger partial charge in [-0.1, -0.05) is 6.07 Å². The Morgan fingerprint density at radius 1 is 1.25 bits per heavy atom. The average molecular weight is 336 g/mol. The molecule has 1 heterocycles. The van der Waals surface area contributed by atoms with E-state index in [0.29, 0.717) is 17.0 Å². The lowest BCUT2D eigenvalue weighted by atomic mass is 9.96. The molecule has 0 unspecified atom stereocenters. The monoisotopic (exact) mass is 336 g/mol. The summed E-state index contributed by atoms with van der Waals surface area (Å²) >= 11 is 0. The van der Waals surface area contributed by atoms with Gasteiger partial charge in [0.15, 0.2) is 0 Å². The molecule has 1 aromatic heterocycles. The van der Waals surface area contributed by atoms with E-state index in [2.05, 4.69) is 0 Å². The first-order valence-corrected chi connectivity index (χ1v) is 6.99. The lowest BCUT2D eigenvalue weighted by Crippen LogP contribution is -2.09. The molecule has 0 saturated heterocycles. The second kappa shape index (κ2) is 6.04. The minimum atomic E-state index is -4.66. The second-order valence-electron chi connectivity index (χ2n) is 5.34. The first kappa shape index (κ1) is 17.6. The molecule has 7 heteroatoms. The van der Waals surface area contributed by atoms with E-state index in [0.717, 1.165) is 12.1 Å². The van der Waals surface area contributed by atoms with Crippen molar-refractivity contribution in [2.75, 3.05) is 7.11 Å². The van der Waals surface area contributed by atoms with Gasteiger partial charge in [0.25, 0.3) is 0 Å². The summed E-state index contributed by atoms with van der Waals surface area (Å²) in [4.78, 5) is 12.1. The molecule has 0 aliphatic heterocycles. The summed E-state index contributed by atoms with van der Waals surface area (Å²) in [5.74, 6) is -0.621. The summed E-state index contributed by atoms with van der Waals surface area (Å²) in [7, 11) is 2.93. The predicted molar refractivity (Wildman–Crippen MR) is 81.4 cm³/mol. The van der Waals surface area contributed by atoms with Crippen LogP contribution < -0.4 is 0 Å². The highest BCUT2D eigenvalue weighted by Gasteiger charge is 2.34. The van der Waals surface area contributed by atoms with E-state index in [4.69, 9.17) is 10.00 Å². The zero-order chi connectivity index (χ0) is 18.2. The number of nitrogens with zero attached hydrogens (tertiary/aromatic N) is 2. The van der Waals surface area contributed by atoms with Crippen LogP contribution in [0.2, 0.25) is 0 Å². The number of carbonyl (C=O) groups is 1. The fourth-order valence-corrected chi connectivity index (χ4v) is 2.69. The van der Waals surface area contributed by atoms with Crippen LogP contribution in [0.15, 0.2) is 18.2 Å². The van der Waals surface area contributed by atoms with Crippen molar-refractivity contribution < 1.29 is 22.7 Å². The van der Waals surface area contributed by atoms with Crippen molar-refractivity contribution in [2.45, 2.75) is 20.0 Å². The number of methoxy groups -OCH3 is 1. The van der Waals surface area contributed by atoms with E-state index < -0.39 is 23.3 Å². The second-order valence-corrected chi connectivity index (χ2v) is 5.34. The molecule has 0 saturated carbocycles. The summed E-state index contributed by atoms with van der Waals surface area (Å²) in [6, 6.07) is 4.96. The van der Waals surface area contributed by atoms with Gasteiger partial charge >= 0.3 is 12.1 Å². The van der Waals surface area contributed by atoms with E-state index in [-0.39, 0.29) is 11.1 Å². The summed E-state index contributed by atoms with van der Waals surface area (Å²) < 4.78 is 46.1. The zero-order valence-electron chi connectivity index (χ0n) is 13.6. The topological polar surface area (TPSA) is 55.0 Å². The number of hydrogen-bond donors (Lipinski definition) is 0. The molecule has 0 aliphatic rings. The lowest BCUT2D eigenvalue weighted by molar-refractivity contribution is -0.137. The number of aromatic nitrogens is 1. The maximum absolute atomic E-state index is 13.2. The number of halogens is 3. The molecule has 0 fully saturated rings. The number of ether oxygens (including phenoxy) is 1. The van der Waals surface area contributed by atoms with Crippen LogP contribution in [0.3, 0.4) is 0 Å². The third-order valence-electron chi connectivity index (χ3n) is 4.10. The first-order valence-electron chi connectivity index (χ1n) is 6.99. The lowest BCUT2D eigenvalue weighted by Gasteiger charge is -2.12. The van der Waals surface area contributed by atoms with Crippen LogP contribution in [0.1, 0.15) is 32.9 Å². The predicted octanol–water partition coefficient (Wildman–Crippen LogP) is 3.99. The average Bonchev–Trinajstić information content (AvgIpc) is 2.77. The number of nitriles is 1. The number of esters is 1. The molecule has 24 heavy (non-hydrogen) atoms. The fraction of sp³-hybridized carbons (Fsp3) is 0.294. The molecule has 1 aromatic carbocycles. The number of carbonyl (C=O) groups excluding carboxylic acids is 1. The standard InChI is InChI=1S/C17H15F3N2O2/c1-9-14(15(16(23)24-4)10(2)22(9)3)11-5-6-12(8-21)13(7-11)17(18,19)20/h5-7H,1-4H3. The van der Waals surface area contributed by atoms with Gasteiger partial charge in [0.2, 0.25) is 0 Å². The number of benzene rings is 1. The molecule has 126 valence electrons. The van der Waals surface area contributed by atoms with Gasteiger partial charge < -0.3 is 9.30 Å². The molecule has 2 aromatic rings. The SMILES string of the molecule is COC(=O)c1c(-c2ccc(C#N)c(C(F)(F)F)c2)c(C)n(C)c1C. The molecular formula is C17H15F3N2O2. The Balaban J connectivity index is 2.81. The normalized spacial score (nSPS) is 11.2. The Bertz CT molecular complexity index is 858. The van der Waals surface area contributed by atoms with E-state index in [9.17, 15) is 18.0 Å². The van der Waals surface area contributed by atoms with Crippen molar-refractivity contribution >= 4 is 5.97 Å². The van der Waals surface area contributed by atoms with Gasteiger partial charge in [0.1, 0.15) is 0 Å². The summed E-state index contributed by atoms with van der Waals surface area (Å²) in [5.41, 5.74) is 0.531. The molecule has 0 radical (unpaired) electrons. The Hall–Kier alpha value is -2.75. The zero-order valence-corrected chi connectivity index (χ0v) is 13.6. The molecular weight excluding hydrogens is 321 g/mol. The third kappa shape index (κ3) is 2.75. The highest BCUT2D eigenvalue weighted by Crippen LogP contribution is 2.38. The van der Waals surface area contributed by atoms with Crippen LogP contribution in [0.25, 0.3) is 11.1 Å². The van der Waals surface area contributed by atoms with Gasteiger partial charge in [-0.15, -0.1) is 0 Å². The van der Waals surface area contributed by atoms with Gasteiger partial charge in [-0.2, -0.15) is 18.4 Å². The van der Waals surface area contributed by atoms with Crippen LogP contribution in [-0.4, -0.2) is 17.6 Å². The van der Waals surface area contributed by atoms with Gasteiger partial charge in [-0.05, 0) is 31.5 Å². The summed E-state index contributed by atoms with van der Waals surface area (Å²) in [6.45, 7) is 3.40. The Morgan fingerprint density at radius 3 is 2.38 bits per heavy atom. The van der Waals surface area contributed by atoms with Crippen LogP contribution in [0, 0.1) is 25.2 Å². The molecule has 0 N–H and O–H groups in total. The summed E-state index contributed by atoms with van der Waals surface area (Å²) in [6.07, 6.45) is -4.66. The summed E-state index contributed by atoms with van der Waals surface area (Å²) in [5, 5.41) is 8.90. The van der Waals surface area contributed by atoms with E-state index in [1.165, 1.54) is 13.2 Å². The molecule has 0 aliphatic carbocycles. The van der Waals surface area contributed by atoms with Gasteiger partial charge in [0, 0.05) is 24.0 Å². The highest BCUT2D eigenvalue weighted by atomic mass is 19.4. The first-order chi connectivity index (χ1) is 11.1. The fourth-order valence-electron chi connectivity index (χ4n) is 2.69. The number of alkyl halides is 3. The van der Waals surface area contributed by atoms with Gasteiger partial charge in [-0.3, -0.25) is 0 Å².